The molecule has 0 heterocycles. The van der Waals surface area contributed by atoms with Crippen molar-refractivity contribution in [3.8, 4) is 6.07 Å². The Morgan fingerprint density at radius 1 is 1.17 bits per heavy atom. The molecule has 1 fully saturated rings. The maximum Gasteiger partial charge on any atom is 0.123 e. The van der Waals surface area contributed by atoms with Crippen molar-refractivity contribution in [1.29, 1.82) is 5.26 Å². The summed E-state index contributed by atoms with van der Waals surface area (Å²) in [7, 11) is 0. The largest absolute Gasteiger partial charge is 0.299 e. The molecule has 0 saturated heterocycles. The van der Waals surface area contributed by atoms with Crippen molar-refractivity contribution in [2.45, 2.75) is 44.1 Å². The van der Waals surface area contributed by atoms with Gasteiger partial charge in [0, 0.05) is 6.54 Å². The zero-order valence-electron chi connectivity index (χ0n) is 10.6. The lowest BCUT2D eigenvalue weighted by atomic mass is 9.83. The maximum atomic E-state index is 12.8. The first-order valence-corrected chi connectivity index (χ1v) is 6.65. The standard InChI is InChI=1S/C15H19FN2/c16-14-6-4-13(5-7-14)8-11-18-15(12-17)9-2-1-3-10-15/h4-7,18H,1-3,8-11H2. The lowest BCUT2D eigenvalue weighted by Crippen LogP contribution is -2.46. The second-order valence-corrected chi connectivity index (χ2v) is 5.06. The maximum absolute atomic E-state index is 12.8. The molecule has 3 heteroatoms. The molecule has 1 aliphatic rings. The SMILES string of the molecule is N#CC1(NCCc2ccc(F)cc2)CCCCC1. The van der Waals surface area contributed by atoms with E-state index in [1.807, 2.05) is 0 Å². The van der Waals surface area contributed by atoms with Crippen LogP contribution >= 0.6 is 0 Å². The molecule has 1 aliphatic carbocycles. The van der Waals surface area contributed by atoms with E-state index in [4.69, 9.17) is 0 Å². The smallest absolute Gasteiger partial charge is 0.123 e. The van der Waals surface area contributed by atoms with E-state index < -0.39 is 0 Å². The van der Waals surface area contributed by atoms with Gasteiger partial charge in [-0.05, 0) is 37.0 Å². The summed E-state index contributed by atoms with van der Waals surface area (Å²) in [5.74, 6) is -0.201. The van der Waals surface area contributed by atoms with Crippen LogP contribution in [0.25, 0.3) is 0 Å². The highest BCUT2D eigenvalue weighted by Gasteiger charge is 2.30. The Bertz CT molecular complexity index is 413. The number of hydrogen-bond acceptors (Lipinski definition) is 2. The molecule has 0 aliphatic heterocycles. The van der Waals surface area contributed by atoms with Gasteiger partial charge >= 0.3 is 0 Å². The molecule has 1 aromatic rings. The molecule has 96 valence electrons. The minimum atomic E-state index is -0.321. The number of nitriles is 1. The number of benzene rings is 1. The molecule has 0 bridgehead atoms. The number of halogens is 1. The Kier molecular flexibility index (Phi) is 4.33. The Balaban J connectivity index is 1.84. The van der Waals surface area contributed by atoms with Crippen LogP contribution in [0.4, 0.5) is 4.39 Å². The van der Waals surface area contributed by atoms with Crippen molar-refractivity contribution in [1.82, 2.24) is 5.32 Å². The fourth-order valence-corrected chi connectivity index (χ4v) is 2.58. The van der Waals surface area contributed by atoms with Gasteiger partial charge in [0.15, 0.2) is 0 Å². The first kappa shape index (κ1) is 13.0. The highest BCUT2D eigenvalue weighted by atomic mass is 19.1. The summed E-state index contributed by atoms with van der Waals surface area (Å²) in [6.45, 7) is 0.777. The predicted octanol–water partition coefficient (Wildman–Crippen LogP) is 3.18. The van der Waals surface area contributed by atoms with Crippen molar-refractivity contribution >= 4 is 0 Å². The number of nitrogens with one attached hydrogen (secondary N) is 1. The predicted molar refractivity (Wildman–Crippen MR) is 69.5 cm³/mol. The number of rotatable bonds is 4. The Morgan fingerprint density at radius 2 is 1.83 bits per heavy atom. The van der Waals surface area contributed by atoms with Gasteiger partial charge in [0.05, 0.1) is 6.07 Å². The van der Waals surface area contributed by atoms with Crippen molar-refractivity contribution in [3.63, 3.8) is 0 Å². The molecule has 0 aromatic heterocycles. The Hall–Kier alpha value is -1.40. The van der Waals surface area contributed by atoms with Crippen molar-refractivity contribution in [3.05, 3.63) is 35.6 Å². The van der Waals surface area contributed by atoms with Gasteiger partial charge in [-0.1, -0.05) is 31.4 Å². The molecule has 1 N–H and O–H groups in total. The average Bonchev–Trinajstić information content (AvgIpc) is 2.42. The highest BCUT2D eigenvalue weighted by Crippen LogP contribution is 2.27. The van der Waals surface area contributed by atoms with E-state index in [2.05, 4.69) is 11.4 Å². The van der Waals surface area contributed by atoms with Crippen molar-refractivity contribution < 1.29 is 4.39 Å². The van der Waals surface area contributed by atoms with Crippen LogP contribution in [-0.4, -0.2) is 12.1 Å². The molecule has 2 rings (SSSR count). The van der Waals surface area contributed by atoms with Gasteiger partial charge in [-0.2, -0.15) is 5.26 Å². The van der Waals surface area contributed by atoms with Gasteiger partial charge in [0.25, 0.3) is 0 Å². The third-order valence-corrected chi connectivity index (χ3v) is 3.71. The van der Waals surface area contributed by atoms with E-state index >= 15 is 0 Å². The van der Waals surface area contributed by atoms with Crippen LogP contribution in [0.5, 0.6) is 0 Å². The average molecular weight is 246 g/mol. The summed E-state index contributed by atoms with van der Waals surface area (Å²) in [5.41, 5.74) is 0.783. The van der Waals surface area contributed by atoms with Gasteiger partial charge < -0.3 is 0 Å². The van der Waals surface area contributed by atoms with Crippen LogP contribution in [0.15, 0.2) is 24.3 Å². The molecule has 1 saturated carbocycles. The molecule has 0 radical (unpaired) electrons. The van der Waals surface area contributed by atoms with Crippen LogP contribution in [0, 0.1) is 17.1 Å². The lowest BCUT2D eigenvalue weighted by Gasteiger charge is -2.31. The normalized spacial score (nSPS) is 18.2. The number of hydrogen-bond donors (Lipinski definition) is 1. The molecular formula is C15H19FN2. The summed E-state index contributed by atoms with van der Waals surface area (Å²) in [6, 6.07) is 9.01. The van der Waals surface area contributed by atoms with Crippen LogP contribution in [0.1, 0.15) is 37.7 Å². The molecule has 0 atom stereocenters. The molecule has 0 unspecified atom stereocenters. The first-order chi connectivity index (χ1) is 8.74. The summed E-state index contributed by atoms with van der Waals surface area (Å²) >= 11 is 0. The van der Waals surface area contributed by atoms with Gasteiger partial charge in [0.2, 0.25) is 0 Å². The summed E-state index contributed by atoms with van der Waals surface area (Å²) < 4.78 is 12.8. The van der Waals surface area contributed by atoms with Gasteiger partial charge in [-0.3, -0.25) is 5.32 Å². The molecule has 18 heavy (non-hydrogen) atoms. The van der Waals surface area contributed by atoms with Crippen LogP contribution < -0.4 is 5.32 Å². The Morgan fingerprint density at radius 3 is 2.44 bits per heavy atom. The Labute approximate surface area is 108 Å². The topological polar surface area (TPSA) is 35.8 Å². The van der Waals surface area contributed by atoms with Crippen LogP contribution in [0.3, 0.4) is 0 Å². The van der Waals surface area contributed by atoms with Crippen molar-refractivity contribution in [2.24, 2.45) is 0 Å². The summed E-state index contributed by atoms with van der Waals surface area (Å²) in [4.78, 5) is 0. The lowest BCUT2D eigenvalue weighted by molar-refractivity contribution is 0.299. The summed E-state index contributed by atoms with van der Waals surface area (Å²) in [5, 5.41) is 12.7. The second kappa shape index (κ2) is 5.97. The van der Waals surface area contributed by atoms with E-state index in [9.17, 15) is 9.65 Å². The quantitative estimate of drug-likeness (QED) is 0.885. The zero-order valence-corrected chi connectivity index (χ0v) is 10.6. The summed E-state index contributed by atoms with van der Waals surface area (Å²) in [6.07, 6.45) is 6.25. The van der Waals surface area contributed by atoms with E-state index in [-0.39, 0.29) is 11.4 Å². The van der Waals surface area contributed by atoms with Crippen molar-refractivity contribution in [2.75, 3.05) is 6.54 Å². The van der Waals surface area contributed by atoms with Gasteiger partial charge in [-0.25, -0.2) is 4.39 Å². The van der Waals surface area contributed by atoms with E-state index in [1.54, 1.807) is 12.1 Å². The van der Waals surface area contributed by atoms with Crippen LogP contribution in [0.2, 0.25) is 0 Å². The van der Waals surface area contributed by atoms with Gasteiger partial charge in [-0.15, -0.1) is 0 Å². The molecule has 0 amide bonds. The second-order valence-electron chi connectivity index (χ2n) is 5.06. The molecule has 1 aromatic carbocycles. The third kappa shape index (κ3) is 3.30. The van der Waals surface area contributed by atoms with Gasteiger partial charge in [0.1, 0.15) is 11.4 Å². The van der Waals surface area contributed by atoms with E-state index in [0.29, 0.717) is 0 Å². The minimum absolute atomic E-state index is 0.201. The minimum Gasteiger partial charge on any atom is -0.299 e. The molecule has 2 nitrogen and oxygen atoms in total. The highest BCUT2D eigenvalue weighted by molar-refractivity contribution is 5.17. The van der Waals surface area contributed by atoms with Crippen LogP contribution in [-0.2, 0) is 6.42 Å². The zero-order chi connectivity index (χ0) is 12.8. The fraction of sp³-hybridized carbons (Fsp3) is 0.533. The van der Waals surface area contributed by atoms with E-state index in [0.717, 1.165) is 44.2 Å². The molecular weight excluding hydrogens is 227 g/mol. The monoisotopic (exact) mass is 246 g/mol. The molecule has 0 spiro atoms. The third-order valence-electron chi connectivity index (χ3n) is 3.71. The van der Waals surface area contributed by atoms with E-state index in [1.165, 1.54) is 18.6 Å². The number of nitrogens with zero attached hydrogens (tertiary/aromatic N) is 1. The first-order valence-electron chi connectivity index (χ1n) is 6.65. The fourth-order valence-electron chi connectivity index (χ4n) is 2.58.